The van der Waals surface area contributed by atoms with Gasteiger partial charge in [0.05, 0.1) is 6.61 Å². The monoisotopic (exact) mass is 269 g/mol. The predicted molar refractivity (Wildman–Crippen MR) is 74.8 cm³/mol. The van der Waals surface area contributed by atoms with E-state index in [2.05, 4.69) is 0 Å². The van der Waals surface area contributed by atoms with Crippen LogP contribution in [-0.2, 0) is 9.53 Å². The standard InChI is InChI=1S/C16H15NO3/c1-3-19-16(18)14(10-17)9-13-8-12-6-4-5-7-15(12)20-11(13)2/h4-9,11H,3H2,1-2H3/b14-9+. The van der Waals surface area contributed by atoms with Gasteiger partial charge in [0.25, 0.3) is 0 Å². The fourth-order valence-electron chi connectivity index (χ4n) is 1.93. The third-order valence-electron chi connectivity index (χ3n) is 2.94. The van der Waals surface area contributed by atoms with Gasteiger partial charge in [0.1, 0.15) is 23.5 Å². The zero-order valence-electron chi connectivity index (χ0n) is 11.4. The Morgan fingerprint density at radius 1 is 1.50 bits per heavy atom. The lowest BCUT2D eigenvalue weighted by atomic mass is 10.0. The van der Waals surface area contributed by atoms with Crippen LogP contribution < -0.4 is 4.74 Å². The van der Waals surface area contributed by atoms with Gasteiger partial charge in [-0.25, -0.2) is 4.79 Å². The normalized spacial score (nSPS) is 17.4. The molecule has 0 saturated heterocycles. The molecule has 0 amide bonds. The van der Waals surface area contributed by atoms with Crippen LogP contribution in [0.4, 0.5) is 0 Å². The van der Waals surface area contributed by atoms with Crippen LogP contribution in [-0.4, -0.2) is 18.7 Å². The van der Waals surface area contributed by atoms with Crippen molar-refractivity contribution >= 4 is 12.0 Å². The van der Waals surface area contributed by atoms with Crippen molar-refractivity contribution < 1.29 is 14.3 Å². The van der Waals surface area contributed by atoms with Gasteiger partial charge in [-0.1, -0.05) is 18.2 Å². The molecular weight excluding hydrogens is 254 g/mol. The molecule has 2 rings (SSSR count). The lowest BCUT2D eigenvalue weighted by Crippen LogP contribution is -2.18. The average Bonchev–Trinajstić information content (AvgIpc) is 2.45. The summed E-state index contributed by atoms with van der Waals surface area (Å²) in [4.78, 5) is 11.6. The third kappa shape index (κ3) is 2.89. The number of nitrogens with zero attached hydrogens (tertiary/aromatic N) is 1. The molecule has 1 aromatic carbocycles. The Morgan fingerprint density at radius 3 is 2.95 bits per heavy atom. The second kappa shape index (κ2) is 6.07. The molecule has 20 heavy (non-hydrogen) atoms. The Kier molecular flexibility index (Phi) is 4.21. The fraction of sp³-hybridized carbons (Fsp3) is 0.250. The van der Waals surface area contributed by atoms with E-state index < -0.39 is 5.97 Å². The van der Waals surface area contributed by atoms with Gasteiger partial charge < -0.3 is 9.47 Å². The molecule has 0 N–H and O–H groups in total. The van der Waals surface area contributed by atoms with Gasteiger partial charge >= 0.3 is 5.97 Å². The van der Waals surface area contributed by atoms with Crippen LogP contribution in [0.5, 0.6) is 5.75 Å². The van der Waals surface area contributed by atoms with E-state index in [0.717, 1.165) is 16.9 Å². The summed E-state index contributed by atoms with van der Waals surface area (Å²) in [6.07, 6.45) is 3.22. The molecule has 0 saturated carbocycles. The van der Waals surface area contributed by atoms with Gasteiger partial charge in [-0.2, -0.15) is 5.26 Å². The van der Waals surface area contributed by atoms with E-state index in [9.17, 15) is 4.79 Å². The predicted octanol–water partition coefficient (Wildman–Crippen LogP) is 2.86. The van der Waals surface area contributed by atoms with Gasteiger partial charge in [-0.15, -0.1) is 0 Å². The Balaban J connectivity index is 2.35. The van der Waals surface area contributed by atoms with Gasteiger partial charge in [-0.05, 0) is 37.6 Å². The van der Waals surface area contributed by atoms with Crippen LogP contribution in [0.3, 0.4) is 0 Å². The van der Waals surface area contributed by atoms with Crippen LogP contribution in [0.1, 0.15) is 19.4 Å². The second-order valence-electron chi connectivity index (χ2n) is 4.33. The van der Waals surface area contributed by atoms with Crippen molar-refractivity contribution in [2.45, 2.75) is 20.0 Å². The zero-order valence-corrected chi connectivity index (χ0v) is 11.4. The SMILES string of the molecule is CCOC(=O)/C(C#N)=C/C1=Cc2ccccc2OC1C. The highest BCUT2D eigenvalue weighted by molar-refractivity contribution is 5.93. The Bertz CT molecular complexity index is 623. The van der Waals surface area contributed by atoms with Crippen LogP contribution in [0.25, 0.3) is 6.08 Å². The molecule has 0 radical (unpaired) electrons. The summed E-state index contributed by atoms with van der Waals surface area (Å²) in [5, 5.41) is 9.05. The summed E-state index contributed by atoms with van der Waals surface area (Å²) < 4.78 is 10.6. The van der Waals surface area contributed by atoms with Crippen LogP contribution >= 0.6 is 0 Å². The lowest BCUT2D eigenvalue weighted by molar-refractivity contribution is -0.138. The van der Waals surface area contributed by atoms with Gasteiger partial charge in [-0.3, -0.25) is 0 Å². The molecule has 0 aromatic heterocycles. The van der Waals surface area contributed by atoms with E-state index in [1.54, 1.807) is 6.92 Å². The van der Waals surface area contributed by atoms with Crippen molar-refractivity contribution in [1.82, 2.24) is 0 Å². The van der Waals surface area contributed by atoms with Crippen LogP contribution in [0.2, 0.25) is 0 Å². The van der Waals surface area contributed by atoms with Gasteiger partial charge in [0.15, 0.2) is 0 Å². The molecule has 102 valence electrons. The number of para-hydroxylation sites is 1. The number of benzene rings is 1. The second-order valence-corrected chi connectivity index (χ2v) is 4.33. The highest BCUT2D eigenvalue weighted by Gasteiger charge is 2.19. The number of hydrogen-bond donors (Lipinski definition) is 0. The minimum Gasteiger partial charge on any atom is -0.485 e. The number of hydrogen-bond acceptors (Lipinski definition) is 4. The summed E-state index contributed by atoms with van der Waals surface area (Å²) >= 11 is 0. The molecule has 0 bridgehead atoms. The minimum absolute atomic E-state index is 0.0204. The molecule has 1 aromatic rings. The molecule has 4 heteroatoms. The van der Waals surface area contributed by atoms with Crippen molar-refractivity contribution in [3.8, 4) is 11.8 Å². The maximum Gasteiger partial charge on any atom is 0.348 e. The number of fused-ring (bicyclic) bond motifs is 1. The topological polar surface area (TPSA) is 59.3 Å². The van der Waals surface area contributed by atoms with E-state index in [1.165, 1.54) is 6.08 Å². The lowest BCUT2D eigenvalue weighted by Gasteiger charge is -2.22. The van der Waals surface area contributed by atoms with E-state index in [1.807, 2.05) is 43.3 Å². The van der Waals surface area contributed by atoms with E-state index in [4.69, 9.17) is 14.7 Å². The minimum atomic E-state index is -0.609. The van der Waals surface area contributed by atoms with Crippen molar-refractivity contribution in [3.05, 3.63) is 47.1 Å². The summed E-state index contributed by atoms with van der Waals surface area (Å²) in [6, 6.07) is 9.49. The van der Waals surface area contributed by atoms with Crippen LogP contribution in [0, 0.1) is 11.3 Å². The Hall–Kier alpha value is -2.54. The van der Waals surface area contributed by atoms with Gasteiger partial charge in [0.2, 0.25) is 0 Å². The highest BCUT2D eigenvalue weighted by Crippen LogP contribution is 2.30. The number of rotatable bonds is 3. The maximum absolute atomic E-state index is 11.6. The number of carbonyl (C=O) groups is 1. The van der Waals surface area contributed by atoms with Crippen LogP contribution in [0.15, 0.2) is 41.5 Å². The molecule has 1 atom stereocenters. The highest BCUT2D eigenvalue weighted by atomic mass is 16.5. The molecule has 1 aliphatic heterocycles. The average molecular weight is 269 g/mol. The molecule has 1 aliphatic rings. The third-order valence-corrected chi connectivity index (χ3v) is 2.94. The smallest absolute Gasteiger partial charge is 0.348 e. The Labute approximate surface area is 117 Å². The first kappa shape index (κ1) is 13.9. The molecular formula is C16H15NO3. The first-order valence-electron chi connectivity index (χ1n) is 6.42. The van der Waals surface area contributed by atoms with Crippen molar-refractivity contribution in [1.29, 1.82) is 5.26 Å². The summed E-state index contributed by atoms with van der Waals surface area (Å²) in [5.74, 6) is 0.189. The molecule has 0 fully saturated rings. The zero-order chi connectivity index (χ0) is 14.5. The van der Waals surface area contributed by atoms with E-state index in [-0.39, 0.29) is 18.3 Å². The number of esters is 1. The van der Waals surface area contributed by atoms with Crippen molar-refractivity contribution in [2.75, 3.05) is 6.61 Å². The summed E-state index contributed by atoms with van der Waals surface area (Å²) in [7, 11) is 0. The largest absolute Gasteiger partial charge is 0.485 e. The first-order valence-corrected chi connectivity index (χ1v) is 6.42. The Morgan fingerprint density at radius 2 is 2.25 bits per heavy atom. The number of nitriles is 1. The maximum atomic E-state index is 11.6. The number of ether oxygens (including phenoxy) is 2. The van der Waals surface area contributed by atoms with E-state index >= 15 is 0 Å². The quantitative estimate of drug-likeness (QED) is 0.481. The van der Waals surface area contributed by atoms with E-state index in [0.29, 0.717) is 0 Å². The molecule has 0 spiro atoms. The molecule has 0 aliphatic carbocycles. The number of carbonyl (C=O) groups excluding carboxylic acids is 1. The molecule has 1 heterocycles. The summed E-state index contributed by atoms with van der Waals surface area (Å²) in [6.45, 7) is 3.82. The molecule has 4 nitrogen and oxygen atoms in total. The van der Waals surface area contributed by atoms with Gasteiger partial charge in [0, 0.05) is 5.56 Å². The summed E-state index contributed by atoms with van der Waals surface area (Å²) in [5.41, 5.74) is 1.68. The molecule has 1 unspecified atom stereocenters. The fourth-order valence-corrected chi connectivity index (χ4v) is 1.93. The van der Waals surface area contributed by atoms with Crippen molar-refractivity contribution in [2.24, 2.45) is 0 Å². The first-order chi connectivity index (χ1) is 9.65. The van der Waals surface area contributed by atoms with Crippen molar-refractivity contribution in [3.63, 3.8) is 0 Å².